The van der Waals surface area contributed by atoms with E-state index < -0.39 is 0 Å². The lowest BCUT2D eigenvalue weighted by Crippen LogP contribution is -2.32. The molecule has 160 valence electrons. The van der Waals surface area contributed by atoms with E-state index in [-0.39, 0.29) is 5.91 Å². The van der Waals surface area contributed by atoms with Crippen LogP contribution in [-0.2, 0) is 7.05 Å². The van der Waals surface area contributed by atoms with Gasteiger partial charge in [-0.05, 0) is 42.5 Å². The highest BCUT2D eigenvalue weighted by atomic mass is 35.5. The normalized spacial score (nSPS) is 13.3. The summed E-state index contributed by atoms with van der Waals surface area (Å²) in [5, 5.41) is 4.75. The van der Waals surface area contributed by atoms with Gasteiger partial charge in [-0.3, -0.25) is 14.5 Å². The van der Waals surface area contributed by atoms with Crippen molar-refractivity contribution in [2.75, 3.05) is 18.1 Å². The third-order valence-corrected chi connectivity index (χ3v) is 5.32. The maximum atomic E-state index is 13.3. The number of anilines is 1. The number of benzene rings is 2. The van der Waals surface area contributed by atoms with Gasteiger partial charge in [-0.15, -0.1) is 0 Å². The SMILES string of the molecule is Cn1cc(-c2cc(Oc3ccc4c(c3)C(=O)N(c3cccc(Cl)c3)CCO4)ccn2)cn1. The molecule has 0 saturated carbocycles. The van der Waals surface area contributed by atoms with Crippen LogP contribution < -0.4 is 14.4 Å². The molecule has 0 radical (unpaired) electrons. The van der Waals surface area contributed by atoms with Gasteiger partial charge >= 0.3 is 0 Å². The van der Waals surface area contributed by atoms with Crippen molar-refractivity contribution >= 4 is 23.2 Å². The van der Waals surface area contributed by atoms with E-state index in [0.717, 1.165) is 16.9 Å². The Balaban J connectivity index is 1.44. The van der Waals surface area contributed by atoms with Crippen LogP contribution in [0.5, 0.6) is 17.2 Å². The minimum absolute atomic E-state index is 0.170. The number of rotatable bonds is 4. The zero-order valence-electron chi connectivity index (χ0n) is 17.2. The number of carbonyl (C=O) groups is 1. The van der Waals surface area contributed by atoms with Crippen molar-refractivity contribution in [2.45, 2.75) is 0 Å². The average Bonchev–Trinajstić information content (AvgIpc) is 3.16. The highest BCUT2D eigenvalue weighted by Gasteiger charge is 2.25. The van der Waals surface area contributed by atoms with Crippen molar-refractivity contribution in [3.8, 4) is 28.5 Å². The second-order valence-corrected chi connectivity index (χ2v) is 7.76. The molecule has 8 heteroatoms. The van der Waals surface area contributed by atoms with Crippen molar-refractivity contribution < 1.29 is 14.3 Å². The van der Waals surface area contributed by atoms with Crippen molar-refractivity contribution in [1.82, 2.24) is 14.8 Å². The summed E-state index contributed by atoms with van der Waals surface area (Å²) < 4.78 is 13.6. The number of aromatic nitrogens is 3. The Hall–Kier alpha value is -3.84. The number of fused-ring (bicyclic) bond motifs is 1. The zero-order chi connectivity index (χ0) is 22.1. The third-order valence-electron chi connectivity index (χ3n) is 5.09. The van der Waals surface area contributed by atoms with Crippen molar-refractivity contribution in [2.24, 2.45) is 7.05 Å². The molecule has 1 aliphatic heterocycles. The number of aryl methyl sites for hydroxylation is 1. The Kier molecular flexibility index (Phi) is 5.25. The lowest BCUT2D eigenvalue weighted by atomic mass is 10.1. The van der Waals surface area contributed by atoms with E-state index in [0.29, 0.717) is 41.0 Å². The first-order valence-electron chi connectivity index (χ1n) is 10.0. The summed E-state index contributed by atoms with van der Waals surface area (Å²) >= 11 is 6.13. The quantitative estimate of drug-likeness (QED) is 0.443. The number of hydrogen-bond donors (Lipinski definition) is 0. The molecule has 0 atom stereocenters. The van der Waals surface area contributed by atoms with Gasteiger partial charge in [-0.1, -0.05) is 17.7 Å². The molecule has 5 rings (SSSR count). The lowest BCUT2D eigenvalue weighted by molar-refractivity contribution is 0.0989. The van der Waals surface area contributed by atoms with Crippen LogP contribution in [0.2, 0.25) is 5.02 Å². The first kappa shape index (κ1) is 20.1. The van der Waals surface area contributed by atoms with Crippen molar-refractivity contribution in [3.05, 3.63) is 83.8 Å². The van der Waals surface area contributed by atoms with Gasteiger partial charge in [-0.25, -0.2) is 0 Å². The predicted molar refractivity (Wildman–Crippen MR) is 122 cm³/mol. The summed E-state index contributed by atoms with van der Waals surface area (Å²) in [5.74, 6) is 1.48. The Bertz CT molecular complexity index is 1300. The molecule has 1 amide bonds. The molecule has 0 saturated heterocycles. The van der Waals surface area contributed by atoms with Gasteiger partial charge in [-0.2, -0.15) is 5.10 Å². The van der Waals surface area contributed by atoms with Gasteiger partial charge in [0.15, 0.2) is 0 Å². The van der Waals surface area contributed by atoms with Crippen LogP contribution in [0.4, 0.5) is 5.69 Å². The number of nitrogens with zero attached hydrogens (tertiary/aromatic N) is 4. The summed E-state index contributed by atoms with van der Waals surface area (Å²) in [7, 11) is 1.85. The maximum absolute atomic E-state index is 13.3. The fraction of sp³-hybridized carbons (Fsp3) is 0.125. The van der Waals surface area contributed by atoms with Gasteiger partial charge in [0.25, 0.3) is 5.91 Å². The molecular formula is C24H19ClN4O3. The molecule has 3 heterocycles. The van der Waals surface area contributed by atoms with E-state index in [1.165, 1.54) is 0 Å². The zero-order valence-corrected chi connectivity index (χ0v) is 18.0. The summed E-state index contributed by atoms with van der Waals surface area (Å²) in [6, 6.07) is 16.1. The minimum Gasteiger partial charge on any atom is -0.491 e. The average molecular weight is 447 g/mol. The molecule has 0 N–H and O–H groups in total. The van der Waals surface area contributed by atoms with E-state index in [4.69, 9.17) is 21.1 Å². The summed E-state index contributed by atoms with van der Waals surface area (Å²) in [6.45, 7) is 0.799. The second-order valence-electron chi connectivity index (χ2n) is 7.32. The fourth-order valence-electron chi connectivity index (χ4n) is 3.57. The molecule has 1 aliphatic rings. The van der Waals surface area contributed by atoms with E-state index in [1.54, 1.807) is 58.4 Å². The van der Waals surface area contributed by atoms with Crippen LogP contribution in [0.25, 0.3) is 11.3 Å². The number of hydrogen-bond acceptors (Lipinski definition) is 5. The van der Waals surface area contributed by atoms with Gasteiger partial charge in [0.2, 0.25) is 0 Å². The molecule has 0 aliphatic carbocycles. The van der Waals surface area contributed by atoms with Crippen LogP contribution in [0.15, 0.2) is 73.2 Å². The number of carbonyl (C=O) groups excluding carboxylic acids is 1. The fourth-order valence-corrected chi connectivity index (χ4v) is 3.76. The van der Waals surface area contributed by atoms with Crippen LogP contribution in [0, 0.1) is 0 Å². The smallest absolute Gasteiger partial charge is 0.262 e. The highest BCUT2D eigenvalue weighted by Crippen LogP contribution is 2.33. The topological polar surface area (TPSA) is 69.5 Å². The number of ether oxygens (including phenoxy) is 2. The van der Waals surface area contributed by atoms with E-state index in [1.807, 2.05) is 31.4 Å². The number of pyridine rings is 1. The van der Waals surface area contributed by atoms with Crippen LogP contribution in [-0.4, -0.2) is 33.8 Å². The summed E-state index contributed by atoms with van der Waals surface area (Å²) in [5.41, 5.74) is 2.79. The maximum Gasteiger partial charge on any atom is 0.262 e. The largest absolute Gasteiger partial charge is 0.491 e. The molecule has 2 aromatic carbocycles. The number of amides is 1. The van der Waals surface area contributed by atoms with Gasteiger partial charge < -0.3 is 14.4 Å². The highest BCUT2D eigenvalue weighted by molar-refractivity contribution is 6.31. The van der Waals surface area contributed by atoms with Crippen LogP contribution in [0.1, 0.15) is 10.4 Å². The summed E-state index contributed by atoms with van der Waals surface area (Å²) in [6.07, 6.45) is 5.31. The monoisotopic (exact) mass is 446 g/mol. The lowest BCUT2D eigenvalue weighted by Gasteiger charge is -2.20. The molecule has 32 heavy (non-hydrogen) atoms. The molecule has 0 fully saturated rings. The Morgan fingerprint density at radius 2 is 1.97 bits per heavy atom. The summed E-state index contributed by atoms with van der Waals surface area (Å²) in [4.78, 5) is 19.4. The third kappa shape index (κ3) is 4.02. The first-order valence-corrected chi connectivity index (χ1v) is 10.4. The Labute approximate surface area is 189 Å². The standard InChI is InChI=1S/C24H19ClN4O3/c1-28-15-16(14-27-28)22-13-20(7-8-26-22)32-19-5-6-23-21(12-19)24(30)29(9-10-31-23)18-4-2-3-17(25)11-18/h2-8,11-15H,9-10H2,1H3. The predicted octanol–water partition coefficient (Wildman–Crippen LogP) is 4.97. The van der Waals surface area contributed by atoms with Crippen molar-refractivity contribution in [1.29, 1.82) is 0 Å². The number of halogens is 1. The first-order chi connectivity index (χ1) is 15.6. The van der Waals surface area contributed by atoms with Gasteiger partial charge in [0.1, 0.15) is 23.9 Å². The van der Waals surface area contributed by atoms with Gasteiger partial charge in [0, 0.05) is 41.8 Å². The molecule has 0 bridgehead atoms. The molecular weight excluding hydrogens is 428 g/mol. The van der Waals surface area contributed by atoms with Crippen LogP contribution in [0.3, 0.4) is 0 Å². The van der Waals surface area contributed by atoms with E-state index in [9.17, 15) is 4.79 Å². The Morgan fingerprint density at radius 1 is 1.09 bits per heavy atom. The molecule has 0 unspecified atom stereocenters. The van der Waals surface area contributed by atoms with Crippen LogP contribution >= 0.6 is 11.6 Å². The molecule has 7 nitrogen and oxygen atoms in total. The van der Waals surface area contributed by atoms with E-state index >= 15 is 0 Å². The molecule has 4 aromatic rings. The van der Waals surface area contributed by atoms with E-state index in [2.05, 4.69) is 10.1 Å². The molecule has 0 spiro atoms. The van der Waals surface area contributed by atoms with Gasteiger partial charge in [0.05, 0.1) is 24.0 Å². The second kappa shape index (κ2) is 8.36. The molecule has 2 aromatic heterocycles. The van der Waals surface area contributed by atoms with Crippen molar-refractivity contribution in [3.63, 3.8) is 0 Å². The Morgan fingerprint density at radius 3 is 2.78 bits per heavy atom. The minimum atomic E-state index is -0.170.